The van der Waals surface area contributed by atoms with E-state index in [2.05, 4.69) is 34.5 Å². The van der Waals surface area contributed by atoms with E-state index in [9.17, 15) is 4.79 Å². The Labute approximate surface area is 139 Å². The van der Waals surface area contributed by atoms with Gasteiger partial charge in [-0.15, -0.1) is 0 Å². The third-order valence-electron chi connectivity index (χ3n) is 4.02. The first-order valence-electron chi connectivity index (χ1n) is 8.41. The third kappa shape index (κ3) is 7.12. The molecule has 128 valence electrons. The Hall–Kier alpha value is -1.43. The van der Waals surface area contributed by atoms with E-state index in [1.165, 1.54) is 5.56 Å². The van der Waals surface area contributed by atoms with Gasteiger partial charge in [0, 0.05) is 46.3 Å². The van der Waals surface area contributed by atoms with Crippen LogP contribution in [0.15, 0.2) is 24.3 Å². The average Bonchev–Trinajstić information content (AvgIpc) is 2.59. The molecule has 0 bridgehead atoms. The molecule has 1 heterocycles. The molecule has 2 rings (SSSR count). The summed E-state index contributed by atoms with van der Waals surface area (Å²) in [6.07, 6.45) is 2.37. The lowest BCUT2D eigenvalue weighted by Gasteiger charge is -2.26. The van der Waals surface area contributed by atoms with Gasteiger partial charge in [0.1, 0.15) is 0 Å². The quantitative estimate of drug-likeness (QED) is 0.707. The van der Waals surface area contributed by atoms with Gasteiger partial charge in [0.05, 0.1) is 13.2 Å². The number of hydrogen-bond acceptors (Lipinski definition) is 4. The van der Waals surface area contributed by atoms with Crippen molar-refractivity contribution in [2.75, 3.05) is 40.0 Å². The minimum atomic E-state index is 0.110. The minimum Gasteiger partial charge on any atom is -0.385 e. The molecule has 5 heteroatoms. The number of unbranched alkanes of at least 4 members (excludes halogenated alkanes) is 1. The van der Waals surface area contributed by atoms with Gasteiger partial charge in [0.25, 0.3) is 0 Å². The average molecular weight is 320 g/mol. The summed E-state index contributed by atoms with van der Waals surface area (Å²) in [4.78, 5) is 14.1. The number of methoxy groups -OCH3 is 1. The Balaban J connectivity index is 1.67. The number of nitrogens with one attached hydrogen (secondary N) is 1. The van der Waals surface area contributed by atoms with E-state index in [4.69, 9.17) is 9.47 Å². The third-order valence-corrected chi connectivity index (χ3v) is 4.02. The second-order valence-electron chi connectivity index (χ2n) is 5.93. The molecule has 5 nitrogen and oxygen atoms in total. The Morgan fingerprint density at radius 3 is 2.57 bits per heavy atom. The van der Waals surface area contributed by atoms with Crippen molar-refractivity contribution >= 4 is 5.91 Å². The van der Waals surface area contributed by atoms with Gasteiger partial charge in [-0.1, -0.05) is 24.3 Å². The fraction of sp³-hybridized carbons (Fsp3) is 0.611. The fourth-order valence-corrected chi connectivity index (χ4v) is 2.60. The summed E-state index contributed by atoms with van der Waals surface area (Å²) in [5, 5.41) is 2.97. The SMILES string of the molecule is COCCCCC(=O)NCc1ccc(CN2CCOCC2)cc1. The first-order chi connectivity index (χ1) is 11.3. The van der Waals surface area contributed by atoms with Crippen molar-refractivity contribution in [3.05, 3.63) is 35.4 Å². The normalized spacial score (nSPS) is 15.5. The zero-order valence-corrected chi connectivity index (χ0v) is 14.1. The van der Waals surface area contributed by atoms with Gasteiger partial charge in [-0.05, 0) is 24.0 Å². The maximum absolute atomic E-state index is 11.7. The van der Waals surface area contributed by atoms with Crippen molar-refractivity contribution in [3.8, 4) is 0 Å². The fourth-order valence-electron chi connectivity index (χ4n) is 2.60. The molecule has 23 heavy (non-hydrogen) atoms. The van der Waals surface area contributed by atoms with Crippen LogP contribution in [0.4, 0.5) is 0 Å². The van der Waals surface area contributed by atoms with Gasteiger partial charge in [-0.25, -0.2) is 0 Å². The number of morpholine rings is 1. The lowest BCUT2D eigenvalue weighted by molar-refractivity contribution is -0.121. The molecule has 1 aliphatic rings. The molecule has 0 spiro atoms. The van der Waals surface area contributed by atoms with E-state index in [0.717, 1.165) is 57.9 Å². The number of benzene rings is 1. The van der Waals surface area contributed by atoms with Crippen LogP contribution in [0.1, 0.15) is 30.4 Å². The lowest BCUT2D eigenvalue weighted by Crippen LogP contribution is -2.35. The van der Waals surface area contributed by atoms with Crippen molar-refractivity contribution in [1.29, 1.82) is 0 Å². The Morgan fingerprint density at radius 2 is 1.87 bits per heavy atom. The molecule has 0 atom stereocenters. The molecule has 1 aromatic rings. The molecule has 1 fully saturated rings. The highest BCUT2D eigenvalue weighted by molar-refractivity contribution is 5.75. The van der Waals surface area contributed by atoms with E-state index >= 15 is 0 Å². The van der Waals surface area contributed by atoms with Crippen molar-refractivity contribution in [3.63, 3.8) is 0 Å². The summed E-state index contributed by atoms with van der Waals surface area (Å²) >= 11 is 0. The molecule has 0 aromatic heterocycles. The van der Waals surface area contributed by atoms with Crippen LogP contribution in [0.2, 0.25) is 0 Å². The Morgan fingerprint density at radius 1 is 1.17 bits per heavy atom. The minimum absolute atomic E-state index is 0.110. The molecule has 1 aliphatic heterocycles. The molecule has 0 saturated carbocycles. The smallest absolute Gasteiger partial charge is 0.220 e. The van der Waals surface area contributed by atoms with Crippen molar-refractivity contribution < 1.29 is 14.3 Å². The summed E-state index contributed by atoms with van der Waals surface area (Å²) in [6.45, 7) is 5.94. The summed E-state index contributed by atoms with van der Waals surface area (Å²) in [5.41, 5.74) is 2.45. The largest absolute Gasteiger partial charge is 0.385 e. The molecular formula is C18H28N2O3. The van der Waals surface area contributed by atoms with Crippen LogP contribution < -0.4 is 5.32 Å². The molecule has 1 N–H and O–H groups in total. The highest BCUT2D eigenvalue weighted by Gasteiger charge is 2.10. The van der Waals surface area contributed by atoms with Crippen molar-refractivity contribution in [1.82, 2.24) is 10.2 Å². The number of rotatable bonds is 9. The predicted octanol–water partition coefficient (Wildman–Crippen LogP) is 1.95. The number of ether oxygens (including phenoxy) is 2. The molecule has 0 radical (unpaired) electrons. The van der Waals surface area contributed by atoms with E-state index in [1.54, 1.807) is 7.11 Å². The standard InChI is InChI=1S/C18H28N2O3/c1-22-11-3-2-4-18(21)19-14-16-5-7-17(8-6-16)15-20-9-12-23-13-10-20/h5-8H,2-4,9-15H2,1H3,(H,19,21). The number of nitrogens with zero attached hydrogens (tertiary/aromatic N) is 1. The Bertz CT molecular complexity index is 456. The topological polar surface area (TPSA) is 50.8 Å². The Kier molecular flexibility index (Phi) is 8.07. The molecule has 0 unspecified atom stereocenters. The predicted molar refractivity (Wildman–Crippen MR) is 90.1 cm³/mol. The first-order valence-corrected chi connectivity index (χ1v) is 8.41. The lowest BCUT2D eigenvalue weighted by atomic mass is 10.1. The van der Waals surface area contributed by atoms with Crippen LogP contribution in [0.5, 0.6) is 0 Å². The van der Waals surface area contributed by atoms with Gasteiger partial charge in [-0.2, -0.15) is 0 Å². The number of carbonyl (C=O) groups is 1. The van der Waals surface area contributed by atoms with Gasteiger partial charge < -0.3 is 14.8 Å². The van der Waals surface area contributed by atoms with Crippen LogP contribution in [-0.4, -0.2) is 50.8 Å². The molecule has 1 amide bonds. The van der Waals surface area contributed by atoms with Crippen LogP contribution in [0.3, 0.4) is 0 Å². The first kappa shape index (κ1) is 17.9. The summed E-state index contributed by atoms with van der Waals surface area (Å²) in [6, 6.07) is 8.49. The second-order valence-corrected chi connectivity index (χ2v) is 5.93. The van der Waals surface area contributed by atoms with Crippen LogP contribution in [0.25, 0.3) is 0 Å². The van der Waals surface area contributed by atoms with Crippen LogP contribution in [-0.2, 0) is 27.4 Å². The van der Waals surface area contributed by atoms with E-state index in [0.29, 0.717) is 13.0 Å². The molecule has 0 aliphatic carbocycles. The molecule has 1 saturated heterocycles. The van der Waals surface area contributed by atoms with Crippen molar-refractivity contribution in [2.45, 2.75) is 32.4 Å². The molecule has 1 aromatic carbocycles. The number of carbonyl (C=O) groups excluding carboxylic acids is 1. The van der Waals surface area contributed by atoms with Gasteiger partial charge in [0.15, 0.2) is 0 Å². The van der Waals surface area contributed by atoms with E-state index < -0.39 is 0 Å². The van der Waals surface area contributed by atoms with E-state index in [1.807, 2.05) is 0 Å². The van der Waals surface area contributed by atoms with Crippen LogP contribution in [0, 0.1) is 0 Å². The number of hydrogen-bond donors (Lipinski definition) is 1. The zero-order valence-electron chi connectivity index (χ0n) is 14.1. The highest BCUT2D eigenvalue weighted by atomic mass is 16.5. The summed E-state index contributed by atoms with van der Waals surface area (Å²) in [7, 11) is 1.68. The monoisotopic (exact) mass is 320 g/mol. The van der Waals surface area contributed by atoms with Gasteiger partial charge in [-0.3, -0.25) is 9.69 Å². The second kappa shape index (κ2) is 10.4. The van der Waals surface area contributed by atoms with Crippen LogP contribution >= 0.6 is 0 Å². The maximum atomic E-state index is 11.7. The molecular weight excluding hydrogens is 292 g/mol. The number of amides is 1. The van der Waals surface area contributed by atoms with Crippen molar-refractivity contribution in [2.24, 2.45) is 0 Å². The summed E-state index contributed by atoms with van der Waals surface area (Å²) in [5.74, 6) is 0.110. The maximum Gasteiger partial charge on any atom is 0.220 e. The zero-order chi connectivity index (χ0) is 16.3. The van der Waals surface area contributed by atoms with E-state index in [-0.39, 0.29) is 5.91 Å². The van der Waals surface area contributed by atoms with Gasteiger partial charge >= 0.3 is 0 Å². The highest BCUT2D eigenvalue weighted by Crippen LogP contribution is 2.09. The van der Waals surface area contributed by atoms with Gasteiger partial charge in [0.2, 0.25) is 5.91 Å². The summed E-state index contributed by atoms with van der Waals surface area (Å²) < 4.78 is 10.3.